The molecule has 0 radical (unpaired) electrons. The summed E-state index contributed by atoms with van der Waals surface area (Å²) >= 11 is 5.36. The first-order valence-electron chi connectivity index (χ1n) is 4.82. The van der Waals surface area contributed by atoms with Crippen LogP contribution in [0.1, 0.15) is 18.5 Å². The Kier molecular flexibility index (Phi) is 4.50. The minimum atomic E-state index is -3.68. The normalized spacial score (nSPS) is 13.1. The average Bonchev–Trinajstić information content (AvgIpc) is 2.27. The molecule has 0 heterocycles. The second-order valence-electron chi connectivity index (χ2n) is 3.54. The third kappa shape index (κ3) is 3.99. The van der Waals surface area contributed by atoms with Crippen LogP contribution in [-0.2, 0) is 14.8 Å². The van der Waals surface area contributed by atoms with E-state index < -0.39 is 10.0 Å². The molecule has 1 aromatic rings. The van der Waals surface area contributed by atoms with Gasteiger partial charge in [-0.3, -0.25) is 4.79 Å². The van der Waals surface area contributed by atoms with E-state index in [1.165, 1.54) is 12.1 Å². The molecule has 0 aliphatic carbocycles. The SMILES string of the molecule is C[C@H](NC(=O)CCl)c1ccc(S(N)(=O)=O)cc1. The number of carbonyl (C=O) groups excluding carboxylic acids is 1. The average molecular weight is 277 g/mol. The largest absolute Gasteiger partial charge is 0.349 e. The van der Waals surface area contributed by atoms with Gasteiger partial charge in [0.2, 0.25) is 15.9 Å². The van der Waals surface area contributed by atoms with Crippen LogP contribution in [-0.4, -0.2) is 20.2 Å². The summed E-state index contributed by atoms with van der Waals surface area (Å²) in [5, 5.41) is 7.62. The molecule has 7 heteroatoms. The lowest BCUT2D eigenvalue weighted by atomic mass is 10.1. The summed E-state index contributed by atoms with van der Waals surface area (Å²) in [5.41, 5.74) is 0.774. The molecule has 1 aromatic carbocycles. The molecule has 0 spiro atoms. The van der Waals surface area contributed by atoms with Crippen LogP contribution in [0, 0.1) is 0 Å². The molecule has 17 heavy (non-hydrogen) atoms. The number of hydrogen-bond donors (Lipinski definition) is 2. The number of hydrogen-bond acceptors (Lipinski definition) is 3. The van der Waals surface area contributed by atoms with E-state index in [-0.39, 0.29) is 22.7 Å². The van der Waals surface area contributed by atoms with Crippen molar-refractivity contribution in [3.8, 4) is 0 Å². The zero-order chi connectivity index (χ0) is 13.1. The van der Waals surface area contributed by atoms with Crippen LogP contribution >= 0.6 is 11.6 Å². The zero-order valence-electron chi connectivity index (χ0n) is 9.18. The molecular weight excluding hydrogens is 264 g/mol. The van der Waals surface area contributed by atoms with Crippen molar-refractivity contribution in [2.24, 2.45) is 5.14 Å². The minimum Gasteiger partial charge on any atom is -0.349 e. The molecule has 0 bridgehead atoms. The molecule has 0 fully saturated rings. The zero-order valence-corrected chi connectivity index (χ0v) is 10.8. The molecule has 0 aromatic heterocycles. The van der Waals surface area contributed by atoms with Crippen LogP contribution in [0.4, 0.5) is 0 Å². The molecule has 3 N–H and O–H groups in total. The van der Waals surface area contributed by atoms with Gasteiger partial charge in [-0.2, -0.15) is 0 Å². The van der Waals surface area contributed by atoms with E-state index in [2.05, 4.69) is 5.32 Å². The maximum absolute atomic E-state index is 11.1. The van der Waals surface area contributed by atoms with Gasteiger partial charge in [-0.25, -0.2) is 13.6 Å². The Labute approximate surface area is 105 Å². The first-order valence-corrected chi connectivity index (χ1v) is 6.91. The highest BCUT2D eigenvalue weighted by molar-refractivity contribution is 7.89. The second kappa shape index (κ2) is 5.48. The van der Waals surface area contributed by atoms with Crippen molar-refractivity contribution < 1.29 is 13.2 Å². The first kappa shape index (κ1) is 14.0. The number of halogens is 1. The van der Waals surface area contributed by atoms with Gasteiger partial charge in [-0.15, -0.1) is 11.6 Å². The Hall–Kier alpha value is -1.11. The van der Waals surface area contributed by atoms with E-state index in [9.17, 15) is 13.2 Å². The van der Waals surface area contributed by atoms with Gasteiger partial charge in [0.1, 0.15) is 5.88 Å². The lowest BCUT2D eigenvalue weighted by Crippen LogP contribution is -2.27. The number of amides is 1. The number of rotatable bonds is 4. The standard InChI is InChI=1S/C10H13ClN2O3S/c1-7(13-10(14)6-11)8-2-4-9(5-3-8)17(12,15)16/h2-5,7H,6H2,1H3,(H,13,14)(H2,12,15,16)/t7-/m0/s1. The molecule has 0 aliphatic heterocycles. The molecule has 5 nitrogen and oxygen atoms in total. The van der Waals surface area contributed by atoms with Crippen molar-refractivity contribution in [1.82, 2.24) is 5.32 Å². The Morgan fingerprint density at radius 2 is 1.94 bits per heavy atom. The third-order valence-corrected chi connectivity index (χ3v) is 3.38. The van der Waals surface area contributed by atoms with Crippen LogP contribution in [0.15, 0.2) is 29.2 Å². The molecule has 0 saturated carbocycles. The van der Waals surface area contributed by atoms with E-state index in [0.717, 1.165) is 5.56 Å². The van der Waals surface area contributed by atoms with E-state index in [1.54, 1.807) is 19.1 Å². The van der Waals surface area contributed by atoms with Gasteiger partial charge in [0.15, 0.2) is 0 Å². The highest BCUT2D eigenvalue weighted by Crippen LogP contribution is 2.15. The number of benzene rings is 1. The Morgan fingerprint density at radius 3 is 2.35 bits per heavy atom. The summed E-state index contributed by atoms with van der Waals surface area (Å²) in [4.78, 5) is 11.1. The predicted octanol–water partition coefficient (Wildman–Crippen LogP) is 0.750. The quantitative estimate of drug-likeness (QED) is 0.795. The molecule has 0 aliphatic rings. The summed E-state index contributed by atoms with van der Waals surface area (Å²) in [6.07, 6.45) is 0. The maximum atomic E-state index is 11.1. The third-order valence-electron chi connectivity index (χ3n) is 2.21. The summed E-state index contributed by atoms with van der Waals surface area (Å²) in [6, 6.07) is 5.75. The highest BCUT2D eigenvalue weighted by atomic mass is 35.5. The van der Waals surface area contributed by atoms with Crippen molar-refractivity contribution in [2.45, 2.75) is 17.9 Å². The fraction of sp³-hybridized carbons (Fsp3) is 0.300. The summed E-state index contributed by atoms with van der Waals surface area (Å²) in [5.74, 6) is -0.394. The Morgan fingerprint density at radius 1 is 1.41 bits per heavy atom. The van der Waals surface area contributed by atoms with Gasteiger partial charge in [0, 0.05) is 0 Å². The van der Waals surface area contributed by atoms with Crippen LogP contribution in [0.3, 0.4) is 0 Å². The van der Waals surface area contributed by atoms with Crippen molar-refractivity contribution in [2.75, 3.05) is 5.88 Å². The lowest BCUT2D eigenvalue weighted by molar-refractivity contribution is -0.119. The first-order chi connectivity index (χ1) is 7.84. The minimum absolute atomic E-state index is 0.0390. The number of alkyl halides is 1. The van der Waals surface area contributed by atoms with E-state index in [4.69, 9.17) is 16.7 Å². The molecule has 0 unspecified atom stereocenters. The molecular formula is C10H13ClN2O3S. The van der Waals surface area contributed by atoms with Crippen molar-refractivity contribution in [1.29, 1.82) is 0 Å². The predicted molar refractivity (Wildman–Crippen MR) is 65.1 cm³/mol. The number of nitrogens with two attached hydrogens (primary N) is 1. The Balaban J connectivity index is 2.84. The summed E-state index contributed by atoms with van der Waals surface area (Å²) in [7, 11) is -3.68. The van der Waals surface area contributed by atoms with Gasteiger partial charge in [0.05, 0.1) is 10.9 Å². The number of sulfonamides is 1. The number of carbonyl (C=O) groups is 1. The summed E-state index contributed by atoms with van der Waals surface area (Å²) < 4.78 is 22.1. The van der Waals surface area contributed by atoms with Crippen molar-refractivity contribution >= 4 is 27.5 Å². The second-order valence-corrected chi connectivity index (χ2v) is 5.37. The number of nitrogens with one attached hydrogen (secondary N) is 1. The van der Waals surface area contributed by atoms with Crippen molar-refractivity contribution in [3.05, 3.63) is 29.8 Å². The molecule has 1 amide bonds. The smallest absolute Gasteiger partial charge is 0.238 e. The molecule has 1 rings (SSSR count). The van der Waals surface area contributed by atoms with Gasteiger partial charge >= 0.3 is 0 Å². The molecule has 0 saturated heterocycles. The van der Waals surface area contributed by atoms with E-state index >= 15 is 0 Å². The topological polar surface area (TPSA) is 89.3 Å². The van der Waals surface area contributed by atoms with Crippen LogP contribution < -0.4 is 10.5 Å². The van der Waals surface area contributed by atoms with Gasteiger partial charge < -0.3 is 5.32 Å². The van der Waals surface area contributed by atoms with Crippen LogP contribution in [0.25, 0.3) is 0 Å². The van der Waals surface area contributed by atoms with Crippen LogP contribution in [0.2, 0.25) is 0 Å². The van der Waals surface area contributed by atoms with Crippen LogP contribution in [0.5, 0.6) is 0 Å². The lowest BCUT2D eigenvalue weighted by Gasteiger charge is -2.13. The monoisotopic (exact) mass is 276 g/mol. The fourth-order valence-electron chi connectivity index (χ4n) is 1.31. The van der Waals surface area contributed by atoms with Crippen molar-refractivity contribution in [3.63, 3.8) is 0 Å². The van der Waals surface area contributed by atoms with Gasteiger partial charge in [-0.05, 0) is 24.6 Å². The fourth-order valence-corrected chi connectivity index (χ4v) is 1.90. The highest BCUT2D eigenvalue weighted by Gasteiger charge is 2.11. The molecule has 1 atom stereocenters. The van der Waals surface area contributed by atoms with E-state index in [1.807, 2.05) is 0 Å². The molecule has 94 valence electrons. The summed E-state index contributed by atoms with van der Waals surface area (Å²) in [6.45, 7) is 1.77. The Bertz CT molecular complexity index is 499. The number of primary sulfonamides is 1. The van der Waals surface area contributed by atoms with Gasteiger partial charge in [0.25, 0.3) is 0 Å². The maximum Gasteiger partial charge on any atom is 0.238 e. The van der Waals surface area contributed by atoms with E-state index in [0.29, 0.717) is 0 Å². The van der Waals surface area contributed by atoms with Gasteiger partial charge in [-0.1, -0.05) is 12.1 Å².